The second-order valence-electron chi connectivity index (χ2n) is 7.21. The van der Waals surface area contributed by atoms with Crippen LogP contribution in [-0.2, 0) is 20.9 Å². The number of hydrogen-bond acceptors (Lipinski definition) is 4. The van der Waals surface area contributed by atoms with Crippen molar-refractivity contribution in [2.75, 3.05) is 31.6 Å². The SMILES string of the molecule is CCCC(=O)Nc1cccc(CN=C(NCC)N2CCCC(C(=O)OCC)C2)c1. The van der Waals surface area contributed by atoms with Gasteiger partial charge in [-0.1, -0.05) is 19.1 Å². The fraction of sp³-hybridized carbons (Fsp3) is 0.591. The zero-order chi connectivity index (χ0) is 21.1. The van der Waals surface area contributed by atoms with E-state index in [-0.39, 0.29) is 17.8 Å². The van der Waals surface area contributed by atoms with Crippen LogP contribution in [0.4, 0.5) is 5.69 Å². The van der Waals surface area contributed by atoms with Gasteiger partial charge >= 0.3 is 5.97 Å². The number of piperidine rings is 1. The molecule has 1 saturated heterocycles. The number of carbonyl (C=O) groups excluding carboxylic acids is 2. The van der Waals surface area contributed by atoms with Gasteiger partial charge in [0.05, 0.1) is 19.1 Å². The van der Waals surface area contributed by atoms with Crippen molar-refractivity contribution >= 4 is 23.5 Å². The van der Waals surface area contributed by atoms with E-state index in [1.165, 1.54) is 0 Å². The number of anilines is 1. The summed E-state index contributed by atoms with van der Waals surface area (Å²) in [7, 11) is 0. The molecule has 0 spiro atoms. The minimum Gasteiger partial charge on any atom is -0.466 e. The topological polar surface area (TPSA) is 83.0 Å². The zero-order valence-electron chi connectivity index (χ0n) is 17.9. The summed E-state index contributed by atoms with van der Waals surface area (Å²) in [6.07, 6.45) is 3.13. The first-order valence-electron chi connectivity index (χ1n) is 10.7. The van der Waals surface area contributed by atoms with Crippen molar-refractivity contribution in [3.05, 3.63) is 29.8 Å². The fourth-order valence-corrected chi connectivity index (χ4v) is 3.41. The number of carbonyl (C=O) groups is 2. The third-order valence-corrected chi connectivity index (χ3v) is 4.77. The van der Waals surface area contributed by atoms with Gasteiger partial charge in [-0.3, -0.25) is 9.59 Å². The van der Waals surface area contributed by atoms with E-state index in [4.69, 9.17) is 9.73 Å². The maximum absolute atomic E-state index is 12.1. The number of aliphatic imine (C=N–C) groups is 1. The Balaban J connectivity index is 2.05. The maximum Gasteiger partial charge on any atom is 0.310 e. The summed E-state index contributed by atoms with van der Waals surface area (Å²) in [5.74, 6) is 0.606. The Morgan fingerprint density at radius 2 is 2.10 bits per heavy atom. The molecule has 1 amide bonds. The van der Waals surface area contributed by atoms with Gasteiger partial charge in [0.2, 0.25) is 5.91 Å². The molecule has 1 aromatic rings. The molecule has 0 aliphatic carbocycles. The molecule has 1 aliphatic heterocycles. The predicted molar refractivity (Wildman–Crippen MR) is 116 cm³/mol. The number of nitrogens with one attached hydrogen (secondary N) is 2. The molecule has 0 aromatic heterocycles. The highest BCUT2D eigenvalue weighted by Crippen LogP contribution is 2.19. The summed E-state index contributed by atoms with van der Waals surface area (Å²) in [5, 5.41) is 6.26. The number of ether oxygens (including phenoxy) is 1. The number of rotatable bonds is 8. The zero-order valence-corrected chi connectivity index (χ0v) is 17.9. The lowest BCUT2D eigenvalue weighted by molar-refractivity contribution is -0.149. The van der Waals surface area contributed by atoms with Gasteiger partial charge in [0.15, 0.2) is 5.96 Å². The van der Waals surface area contributed by atoms with Gasteiger partial charge in [0, 0.05) is 31.7 Å². The summed E-state index contributed by atoms with van der Waals surface area (Å²) >= 11 is 0. The molecule has 2 N–H and O–H groups in total. The van der Waals surface area contributed by atoms with Gasteiger partial charge in [0.1, 0.15) is 0 Å². The van der Waals surface area contributed by atoms with E-state index < -0.39 is 0 Å². The smallest absolute Gasteiger partial charge is 0.310 e. The van der Waals surface area contributed by atoms with E-state index in [0.717, 1.165) is 49.6 Å². The van der Waals surface area contributed by atoms with Crippen LogP contribution in [0.25, 0.3) is 0 Å². The molecule has 29 heavy (non-hydrogen) atoms. The van der Waals surface area contributed by atoms with Crippen LogP contribution < -0.4 is 10.6 Å². The van der Waals surface area contributed by atoms with E-state index in [9.17, 15) is 9.59 Å². The van der Waals surface area contributed by atoms with E-state index >= 15 is 0 Å². The van der Waals surface area contributed by atoms with Crippen molar-refractivity contribution in [3.63, 3.8) is 0 Å². The number of amides is 1. The number of hydrogen-bond donors (Lipinski definition) is 2. The van der Waals surface area contributed by atoms with Crippen molar-refractivity contribution in [3.8, 4) is 0 Å². The van der Waals surface area contributed by atoms with Crippen molar-refractivity contribution in [1.29, 1.82) is 0 Å². The van der Waals surface area contributed by atoms with E-state index in [2.05, 4.69) is 15.5 Å². The fourth-order valence-electron chi connectivity index (χ4n) is 3.41. The summed E-state index contributed by atoms with van der Waals surface area (Å²) in [5.41, 5.74) is 1.81. The molecule has 0 saturated carbocycles. The van der Waals surface area contributed by atoms with Crippen LogP contribution in [0, 0.1) is 5.92 Å². The Kier molecular flexibility index (Phi) is 9.47. The largest absolute Gasteiger partial charge is 0.466 e. The normalized spacial score (nSPS) is 17.0. The quantitative estimate of drug-likeness (QED) is 0.396. The van der Waals surface area contributed by atoms with Crippen LogP contribution in [-0.4, -0.2) is 49.0 Å². The number of esters is 1. The van der Waals surface area contributed by atoms with E-state index in [0.29, 0.717) is 26.1 Å². The molecule has 0 radical (unpaired) electrons. The van der Waals surface area contributed by atoms with Gasteiger partial charge in [0.25, 0.3) is 0 Å². The number of nitrogens with zero attached hydrogens (tertiary/aromatic N) is 2. The maximum atomic E-state index is 12.1. The Morgan fingerprint density at radius 3 is 2.83 bits per heavy atom. The van der Waals surface area contributed by atoms with Crippen LogP contribution in [0.15, 0.2) is 29.3 Å². The Bertz CT molecular complexity index is 705. The molecule has 160 valence electrons. The molecular weight excluding hydrogens is 368 g/mol. The van der Waals surface area contributed by atoms with Crippen molar-refractivity contribution < 1.29 is 14.3 Å². The Labute approximate surface area is 173 Å². The average Bonchev–Trinajstić information content (AvgIpc) is 2.72. The Hall–Kier alpha value is -2.57. The van der Waals surface area contributed by atoms with Gasteiger partial charge in [-0.05, 0) is 50.8 Å². The van der Waals surface area contributed by atoms with Crippen molar-refractivity contribution in [2.45, 2.75) is 53.0 Å². The molecule has 1 heterocycles. The van der Waals surface area contributed by atoms with Crippen LogP contribution >= 0.6 is 0 Å². The van der Waals surface area contributed by atoms with Crippen LogP contribution in [0.3, 0.4) is 0 Å². The highest BCUT2D eigenvalue weighted by Gasteiger charge is 2.28. The highest BCUT2D eigenvalue weighted by atomic mass is 16.5. The van der Waals surface area contributed by atoms with E-state index in [1.54, 1.807) is 0 Å². The second kappa shape index (κ2) is 12.1. The highest BCUT2D eigenvalue weighted by molar-refractivity contribution is 5.90. The van der Waals surface area contributed by atoms with E-state index in [1.807, 2.05) is 45.0 Å². The lowest BCUT2D eigenvalue weighted by Gasteiger charge is -2.34. The second-order valence-corrected chi connectivity index (χ2v) is 7.21. The molecule has 2 rings (SSSR count). The third kappa shape index (κ3) is 7.40. The minimum atomic E-state index is -0.122. The van der Waals surface area contributed by atoms with Crippen molar-refractivity contribution in [2.24, 2.45) is 10.9 Å². The lowest BCUT2D eigenvalue weighted by atomic mass is 9.98. The minimum absolute atomic E-state index is 0.0276. The van der Waals surface area contributed by atoms with Crippen LogP contribution in [0.1, 0.15) is 52.0 Å². The molecule has 0 bridgehead atoms. The molecule has 7 heteroatoms. The first-order valence-corrected chi connectivity index (χ1v) is 10.7. The molecule has 1 atom stereocenters. The number of guanidine groups is 1. The summed E-state index contributed by atoms with van der Waals surface area (Å²) < 4.78 is 5.20. The standard InChI is InChI=1S/C22H34N4O3/c1-4-9-20(27)25-19-12-7-10-17(14-19)15-24-22(23-5-2)26-13-8-11-18(16-26)21(28)29-6-3/h7,10,12,14,18H,4-6,8-9,11,13,15-16H2,1-3H3,(H,23,24)(H,25,27). The van der Waals surface area contributed by atoms with Gasteiger partial charge in [-0.25, -0.2) is 4.99 Å². The third-order valence-electron chi connectivity index (χ3n) is 4.77. The lowest BCUT2D eigenvalue weighted by Crippen LogP contribution is -2.48. The van der Waals surface area contributed by atoms with Crippen LogP contribution in [0.5, 0.6) is 0 Å². The first-order chi connectivity index (χ1) is 14.1. The molecule has 1 aromatic carbocycles. The first kappa shape index (κ1) is 22.7. The molecule has 1 fully saturated rings. The Morgan fingerprint density at radius 1 is 1.28 bits per heavy atom. The molecule has 1 unspecified atom stereocenters. The monoisotopic (exact) mass is 402 g/mol. The van der Waals surface area contributed by atoms with Gasteiger partial charge in [-0.2, -0.15) is 0 Å². The van der Waals surface area contributed by atoms with Crippen LogP contribution in [0.2, 0.25) is 0 Å². The van der Waals surface area contributed by atoms with Crippen molar-refractivity contribution in [1.82, 2.24) is 10.2 Å². The average molecular weight is 403 g/mol. The molecular formula is C22H34N4O3. The number of benzene rings is 1. The number of likely N-dealkylation sites (tertiary alicyclic amines) is 1. The summed E-state index contributed by atoms with van der Waals surface area (Å²) in [6, 6.07) is 7.77. The van der Waals surface area contributed by atoms with Gasteiger partial charge in [-0.15, -0.1) is 0 Å². The predicted octanol–water partition coefficient (Wildman–Crippen LogP) is 3.17. The molecule has 7 nitrogen and oxygen atoms in total. The molecule has 1 aliphatic rings. The van der Waals surface area contributed by atoms with Gasteiger partial charge < -0.3 is 20.3 Å². The summed E-state index contributed by atoms with van der Waals surface area (Å²) in [4.78, 5) is 30.9. The summed E-state index contributed by atoms with van der Waals surface area (Å²) in [6.45, 7) is 9.02.